The maximum Gasteiger partial charge on any atom is 0.230 e. The summed E-state index contributed by atoms with van der Waals surface area (Å²) in [5.74, 6) is 1.56. The van der Waals surface area contributed by atoms with E-state index in [1.54, 1.807) is 0 Å². The fourth-order valence-corrected chi connectivity index (χ4v) is 3.97. The van der Waals surface area contributed by atoms with E-state index in [-0.39, 0.29) is 11.8 Å². The number of nitrogens with zero attached hydrogens (tertiary/aromatic N) is 3. The predicted molar refractivity (Wildman–Crippen MR) is 113 cm³/mol. The molecule has 3 aromatic rings. The van der Waals surface area contributed by atoms with Crippen molar-refractivity contribution in [3.8, 4) is 0 Å². The molecule has 0 aliphatic carbocycles. The molecule has 0 atom stereocenters. The Kier molecular flexibility index (Phi) is 7.25. The van der Waals surface area contributed by atoms with E-state index in [9.17, 15) is 4.79 Å². The largest absolute Gasteiger partial charge is 0.355 e. The molecular formula is C22H26N4OS. The second-order valence-corrected chi connectivity index (χ2v) is 7.56. The highest BCUT2D eigenvalue weighted by Crippen LogP contribution is 2.27. The monoisotopic (exact) mass is 394 g/mol. The zero-order valence-electron chi connectivity index (χ0n) is 16.3. The second kappa shape index (κ2) is 10.1. The van der Waals surface area contributed by atoms with Gasteiger partial charge in [-0.15, -0.1) is 10.2 Å². The van der Waals surface area contributed by atoms with Crippen molar-refractivity contribution in [2.24, 2.45) is 7.05 Å². The topological polar surface area (TPSA) is 59.8 Å². The fraction of sp³-hybridized carbons (Fsp3) is 0.318. The first-order chi connectivity index (χ1) is 13.7. The molecule has 6 heteroatoms. The Bertz CT molecular complexity index is 841. The molecule has 1 N–H and O–H groups in total. The van der Waals surface area contributed by atoms with Crippen molar-refractivity contribution < 1.29 is 4.79 Å². The van der Waals surface area contributed by atoms with Crippen molar-refractivity contribution in [2.75, 3.05) is 12.3 Å². The smallest absolute Gasteiger partial charge is 0.230 e. The molecule has 0 fully saturated rings. The van der Waals surface area contributed by atoms with Crippen LogP contribution >= 0.6 is 11.8 Å². The molecule has 0 bridgehead atoms. The van der Waals surface area contributed by atoms with E-state index in [1.807, 2.05) is 30.7 Å². The highest BCUT2D eigenvalue weighted by atomic mass is 32.2. The molecule has 0 saturated heterocycles. The molecule has 5 nitrogen and oxygen atoms in total. The lowest BCUT2D eigenvalue weighted by atomic mass is 9.88. The Balaban J connectivity index is 1.54. The number of amides is 1. The summed E-state index contributed by atoms with van der Waals surface area (Å²) in [6.07, 6.45) is 1.69. The van der Waals surface area contributed by atoms with Gasteiger partial charge in [-0.25, -0.2) is 0 Å². The summed E-state index contributed by atoms with van der Waals surface area (Å²) < 4.78 is 1.94. The van der Waals surface area contributed by atoms with Crippen LogP contribution in [0.5, 0.6) is 0 Å². The standard InChI is InChI=1S/C22H26N4OS/c1-3-20-24-25-22(26(20)2)28-16-21(27)23-15-14-19(17-10-6-4-7-11-17)18-12-8-5-9-13-18/h4-13,19H,3,14-16H2,1-2H3,(H,23,27). The van der Waals surface area contributed by atoms with Gasteiger partial charge in [0.2, 0.25) is 5.91 Å². The molecule has 0 spiro atoms. The Morgan fingerprint density at radius 1 is 1.04 bits per heavy atom. The molecule has 146 valence electrons. The first-order valence-corrected chi connectivity index (χ1v) is 10.5. The van der Waals surface area contributed by atoms with Crippen LogP contribution in [0, 0.1) is 0 Å². The van der Waals surface area contributed by atoms with Gasteiger partial charge < -0.3 is 9.88 Å². The van der Waals surface area contributed by atoms with Crippen LogP contribution in [0.15, 0.2) is 65.8 Å². The average molecular weight is 395 g/mol. The van der Waals surface area contributed by atoms with E-state index in [2.05, 4.69) is 64.0 Å². The third-order valence-corrected chi connectivity index (χ3v) is 5.75. The third kappa shape index (κ3) is 5.23. The van der Waals surface area contributed by atoms with E-state index in [1.165, 1.54) is 22.9 Å². The minimum atomic E-state index is 0.0194. The van der Waals surface area contributed by atoms with Crippen LogP contribution in [-0.2, 0) is 18.3 Å². The van der Waals surface area contributed by atoms with Gasteiger partial charge in [-0.3, -0.25) is 4.79 Å². The maximum atomic E-state index is 12.3. The SMILES string of the molecule is CCc1nnc(SCC(=O)NCCC(c2ccccc2)c2ccccc2)n1C. The molecule has 0 radical (unpaired) electrons. The maximum absolute atomic E-state index is 12.3. The summed E-state index contributed by atoms with van der Waals surface area (Å²) in [5.41, 5.74) is 2.53. The lowest BCUT2D eigenvalue weighted by Crippen LogP contribution is -2.27. The quantitative estimate of drug-likeness (QED) is 0.561. The molecule has 0 aliphatic rings. The van der Waals surface area contributed by atoms with Gasteiger partial charge in [0.15, 0.2) is 5.16 Å². The summed E-state index contributed by atoms with van der Waals surface area (Å²) in [6.45, 7) is 2.67. The lowest BCUT2D eigenvalue weighted by molar-refractivity contribution is -0.118. The highest BCUT2D eigenvalue weighted by Gasteiger charge is 2.15. The lowest BCUT2D eigenvalue weighted by Gasteiger charge is -2.18. The van der Waals surface area contributed by atoms with E-state index >= 15 is 0 Å². The van der Waals surface area contributed by atoms with Crippen molar-refractivity contribution in [3.05, 3.63) is 77.6 Å². The van der Waals surface area contributed by atoms with Gasteiger partial charge in [-0.2, -0.15) is 0 Å². The van der Waals surface area contributed by atoms with Crippen LogP contribution < -0.4 is 5.32 Å². The van der Waals surface area contributed by atoms with Crippen LogP contribution in [0.2, 0.25) is 0 Å². The van der Waals surface area contributed by atoms with Crippen molar-refractivity contribution >= 4 is 17.7 Å². The van der Waals surface area contributed by atoms with Crippen LogP contribution in [0.25, 0.3) is 0 Å². The molecular weight excluding hydrogens is 368 g/mol. The Morgan fingerprint density at radius 2 is 1.64 bits per heavy atom. The van der Waals surface area contributed by atoms with Gasteiger partial charge in [0, 0.05) is 25.9 Å². The number of carbonyl (C=O) groups is 1. The molecule has 2 aromatic carbocycles. The summed E-state index contributed by atoms with van der Waals surface area (Å²) in [4.78, 5) is 12.3. The third-order valence-electron chi connectivity index (χ3n) is 4.73. The summed E-state index contributed by atoms with van der Waals surface area (Å²) in [6, 6.07) is 20.9. The second-order valence-electron chi connectivity index (χ2n) is 6.61. The van der Waals surface area contributed by atoms with Crippen molar-refractivity contribution in [1.82, 2.24) is 20.1 Å². The van der Waals surface area contributed by atoms with Crippen LogP contribution in [0.4, 0.5) is 0 Å². The normalized spacial score (nSPS) is 11.0. The highest BCUT2D eigenvalue weighted by molar-refractivity contribution is 7.99. The van der Waals surface area contributed by atoms with E-state index in [4.69, 9.17) is 0 Å². The Hall–Kier alpha value is -2.60. The van der Waals surface area contributed by atoms with Crippen LogP contribution in [-0.4, -0.2) is 33.0 Å². The van der Waals surface area contributed by atoms with E-state index in [0.29, 0.717) is 12.3 Å². The number of benzene rings is 2. The minimum Gasteiger partial charge on any atom is -0.355 e. The van der Waals surface area contributed by atoms with Crippen molar-refractivity contribution in [3.63, 3.8) is 0 Å². The van der Waals surface area contributed by atoms with Gasteiger partial charge in [0.1, 0.15) is 5.82 Å². The zero-order valence-corrected chi connectivity index (χ0v) is 17.2. The number of hydrogen-bond acceptors (Lipinski definition) is 4. The number of thioether (sulfide) groups is 1. The summed E-state index contributed by atoms with van der Waals surface area (Å²) in [5, 5.41) is 12.1. The van der Waals surface area contributed by atoms with Gasteiger partial charge in [0.05, 0.1) is 5.75 Å². The van der Waals surface area contributed by atoms with Crippen molar-refractivity contribution in [1.29, 1.82) is 0 Å². The first kappa shape index (κ1) is 20.1. The van der Waals surface area contributed by atoms with Crippen molar-refractivity contribution in [2.45, 2.75) is 30.8 Å². The molecule has 0 aliphatic heterocycles. The van der Waals surface area contributed by atoms with Crippen LogP contribution in [0.1, 0.15) is 36.2 Å². The van der Waals surface area contributed by atoms with Gasteiger partial charge in [-0.1, -0.05) is 79.3 Å². The summed E-state index contributed by atoms with van der Waals surface area (Å²) in [7, 11) is 1.93. The average Bonchev–Trinajstić information content (AvgIpc) is 3.10. The molecule has 1 amide bonds. The molecule has 1 aromatic heterocycles. The zero-order chi connectivity index (χ0) is 19.8. The minimum absolute atomic E-state index is 0.0194. The number of aromatic nitrogens is 3. The number of nitrogens with one attached hydrogen (secondary N) is 1. The number of hydrogen-bond donors (Lipinski definition) is 1. The number of rotatable bonds is 9. The molecule has 0 saturated carbocycles. The first-order valence-electron chi connectivity index (χ1n) is 9.56. The van der Waals surface area contributed by atoms with E-state index < -0.39 is 0 Å². The van der Waals surface area contributed by atoms with Gasteiger partial charge in [0.25, 0.3) is 0 Å². The van der Waals surface area contributed by atoms with Gasteiger partial charge in [-0.05, 0) is 17.5 Å². The molecule has 1 heterocycles. The predicted octanol–water partition coefficient (Wildman–Crippen LogP) is 3.81. The molecule has 3 rings (SSSR count). The molecule has 28 heavy (non-hydrogen) atoms. The van der Waals surface area contributed by atoms with E-state index in [0.717, 1.165) is 23.8 Å². The van der Waals surface area contributed by atoms with Gasteiger partial charge >= 0.3 is 0 Å². The molecule has 0 unspecified atom stereocenters. The Labute approximate surface area is 170 Å². The summed E-state index contributed by atoms with van der Waals surface area (Å²) >= 11 is 1.42. The number of carbonyl (C=O) groups excluding carboxylic acids is 1. The fourth-order valence-electron chi connectivity index (χ4n) is 3.21. The Morgan fingerprint density at radius 3 is 2.18 bits per heavy atom. The van der Waals surface area contributed by atoms with Crippen LogP contribution in [0.3, 0.4) is 0 Å². The number of aryl methyl sites for hydroxylation is 1.